The smallest absolute Gasteiger partial charge is 0.242 e. The van der Waals surface area contributed by atoms with E-state index in [9.17, 15) is 9.59 Å². The summed E-state index contributed by atoms with van der Waals surface area (Å²) in [6.07, 6.45) is 1.88. The Labute approximate surface area is 185 Å². The number of nitrogens with one attached hydrogen (secondary N) is 1. The van der Waals surface area contributed by atoms with Crippen LogP contribution in [0.5, 0.6) is 0 Å². The summed E-state index contributed by atoms with van der Waals surface area (Å²) in [6, 6.07) is 21.9. The number of aryl methyl sites for hydroxylation is 2. The van der Waals surface area contributed by atoms with E-state index in [1.54, 1.807) is 4.90 Å². The second-order valence-corrected chi connectivity index (χ2v) is 8.05. The maximum atomic E-state index is 13.3. The summed E-state index contributed by atoms with van der Waals surface area (Å²) in [5.41, 5.74) is 3.34. The Balaban J connectivity index is 1.79. The van der Waals surface area contributed by atoms with Gasteiger partial charge in [-0.25, -0.2) is 0 Å². The largest absolute Gasteiger partial charge is 0.354 e. The van der Waals surface area contributed by atoms with Gasteiger partial charge in [0.2, 0.25) is 11.8 Å². The van der Waals surface area contributed by atoms with Gasteiger partial charge in [-0.3, -0.25) is 9.59 Å². The molecule has 0 aromatic heterocycles. The van der Waals surface area contributed by atoms with Gasteiger partial charge in [-0.15, -0.1) is 0 Å². The fourth-order valence-corrected chi connectivity index (χ4v) is 3.85. The Morgan fingerprint density at radius 3 is 2.39 bits per heavy atom. The summed E-state index contributed by atoms with van der Waals surface area (Å²) in [5.74, 6) is -0.107. The molecule has 2 amide bonds. The van der Waals surface area contributed by atoms with Crippen LogP contribution in [0.15, 0.2) is 66.7 Å². The Morgan fingerprint density at radius 1 is 0.935 bits per heavy atom. The molecular weight excluding hydrogens is 384 g/mol. The molecule has 1 unspecified atom stereocenters. The predicted molar refractivity (Wildman–Crippen MR) is 127 cm³/mol. The zero-order valence-corrected chi connectivity index (χ0v) is 18.7. The lowest BCUT2D eigenvalue weighted by Gasteiger charge is -2.29. The topological polar surface area (TPSA) is 49.4 Å². The number of nitrogens with zero attached hydrogens (tertiary/aromatic N) is 1. The third kappa shape index (κ3) is 5.72. The highest BCUT2D eigenvalue weighted by Gasteiger charge is 2.26. The first-order valence-electron chi connectivity index (χ1n) is 11.1. The average Bonchev–Trinajstić information content (AvgIpc) is 2.80. The third-order valence-electron chi connectivity index (χ3n) is 5.81. The van der Waals surface area contributed by atoms with Gasteiger partial charge in [0.25, 0.3) is 0 Å². The number of benzene rings is 3. The minimum Gasteiger partial charge on any atom is -0.354 e. The Kier molecular flexibility index (Phi) is 7.82. The monoisotopic (exact) mass is 416 g/mol. The highest BCUT2D eigenvalue weighted by atomic mass is 16.2. The zero-order chi connectivity index (χ0) is 22.2. The standard InChI is InChI=1S/C27H32N2O2/c1-4-18-28-27(31)21(3)29(19-24-12-6-5-10-20(24)2)26(30)17-16-23-14-9-13-22-11-7-8-15-25(22)23/h5-15,21H,4,16-19H2,1-3H3,(H,28,31). The quantitative estimate of drug-likeness (QED) is 0.532. The molecule has 3 aromatic rings. The SMILES string of the molecule is CCCNC(=O)C(C)N(Cc1ccccc1C)C(=O)CCc1cccc2ccccc12. The molecule has 0 heterocycles. The molecule has 0 saturated carbocycles. The molecule has 0 fully saturated rings. The van der Waals surface area contributed by atoms with Crippen molar-refractivity contribution in [3.05, 3.63) is 83.4 Å². The Bertz CT molecular complexity index is 1040. The molecule has 0 spiro atoms. The van der Waals surface area contributed by atoms with Crippen LogP contribution in [0.1, 0.15) is 43.4 Å². The minimum absolute atomic E-state index is 0.00432. The van der Waals surface area contributed by atoms with Crippen molar-refractivity contribution in [3.8, 4) is 0 Å². The number of carbonyl (C=O) groups is 2. The molecule has 0 aliphatic heterocycles. The Morgan fingerprint density at radius 2 is 1.61 bits per heavy atom. The second-order valence-electron chi connectivity index (χ2n) is 8.05. The van der Waals surface area contributed by atoms with Gasteiger partial charge in [0, 0.05) is 19.5 Å². The van der Waals surface area contributed by atoms with Crippen LogP contribution in [0.25, 0.3) is 10.8 Å². The van der Waals surface area contributed by atoms with E-state index in [4.69, 9.17) is 0 Å². The molecule has 0 bridgehead atoms. The van der Waals surface area contributed by atoms with Crippen LogP contribution in [0.4, 0.5) is 0 Å². The summed E-state index contributed by atoms with van der Waals surface area (Å²) in [5, 5.41) is 5.29. The molecule has 4 nitrogen and oxygen atoms in total. The number of hydrogen-bond donors (Lipinski definition) is 1. The van der Waals surface area contributed by atoms with Crippen LogP contribution in [-0.4, -0.2) is 29.3 Å². The van der Waals surface area contributed by atoms with E-state index in [1.807, 2.05) is 63.2 Å². The normalized spacial score (nSPS) is 11.8. The molecule has 0 aliphatic rings. The highest BCUT2D eigenvalue weighted by Crippen LogP contribution is 2.21. The van der Waals surface area contributed by atoms with Crippen molar-refractivity contribution in [3.63, 3.8) is 0 Å². The molecule has 0 saturated heterocycles. The van der Waals surface area contributed by atoms with Crippen LogP contribution in [-0.2, 0) is 22.6 Å². The van der Waals surface area contributed by atoms with Gasteiger partial charge in [-0.1, -0.05) is 73.7 Å². The van der Waals surface area contributed by atoms with E-state index in [0.717, 1.165) is 23.1 Å². The number of carbonyl (C=O) groups excluding carboxylic acids is 2. The first kappa shape index (κ1) is 22.5. The van der Waals surface area contributed by atoms with Crippen LogP contribution < -0.4 is 5.32 Å². The highest BCUT2D eigenvalue weighted by molar-refractivity contribution is 5.88. The molecule has 3 aromatic carbocycles. The summed E-state index contributed by atoms with van der Waals surface area (Å²) in [4.78, 5) is 27.7. The van der Waals surface area contributed by atoms with E-state index in [0.29, 0.717) is 25.9 Å². The molecule has 4 heteroatoms. The number of amides is 2. The van der Waals surface area contributed by atoms with Gasteiger partial charge >= 0.3 is 0 Å². The lowest BCUT2D eigenvalue weighted by Crippen LogP contribution is -2.47. The lowest BCUT2D eigenvalue weighted by molar-refractivity contribution is -0.140. The van der Waals surface area contributed by atoms with Crippen molar-refractivity contribution in [1.29, 1.82) is 0 Å². The maximum Gasteiger partial charge on any atom is 0.242 e. The summed E-state index contributed by atoms with van der Waals surface area (Å²) < 4.78 is 0. The van der Waals surface area contributed by atoms with E-state index < -0.39 is 6.04 Å². The van der Waals surface area contributed by atoms with Crippen LogP contribution in [0.3, 0.4) is 0 Å². The summed E-state index contributed by atoms with van der Waals surface area (Å²) >= 11 is 0. The van der Waals surface area contributed by atoms with Crippen molar-refractivity contribution in [1.82, 2.24) is 10.2 Å². The minimum atomic E-state index is -0.522. The molecule has 31 heavy (non-hydrogen) atoms. The number of rotatable bonds is 9. The van der Waals surface area contributed by atoms with Gasteiger partial charge in [-0.05, 0) is 54.2 Å². The van der Waals surface area contributed by atoms with Crippen LogP contribution in [0, 0.1) is 6.92 Å². The van der Waals surface area contributed by atoms with Crippen molar-refractivity contribution < 1.29 is 9.59 Å². The third-order valence-corrected chi connectivity index (χ3v) is 5.81. The zero-order valence-electron chi connectivity index (χ0n) is 18.7. The van der Waals surface area contributed by atoms with Crippen LogP contribution >= 0.6 is 0 Å². The van der Waals surface area contributed by atoms with Crippen molar-refractivity contribution in [2.75, 3.05) is 6.54 Å². The van der Waals surface area contributed by atoms with E-state index in [-0.39, 0.29) is 11.8 Å². The van der Waals surface area contributed by atoms with Crippen molar-refractivity contribution in [2.45, 2.75) is 52.6 Å². The van der Waals surface area contributed by atoms with Crippen LogP contribution in [0.2, 0.25) is 0 Å². The van der Waals surface area contributed by atoms with Gasteiger partial charge in [0.1, 0.15) is 6.04 Å². The second kappa shape index (κ2) is 10.8. The summed E-state index contributed by atoms with van der Waals surface area (Å²) in [7, 11) is 0. The van der Waals surface area contributed by atoms with E-state index in [2.05, 4.69) is 29.6 Å². The maximum absolute atomic E-state index is 13.3. The number of fused-ring (bicyclic) bond motifs is 1. The molecule has 1 atom stereocenters. The first-order valence-corrected chi connectivity index (χ1v) is 11.1. The molecule has 0 aliphatic carbocycles. The van der Waals surface area contributed by atoms with Gasteiger partial charge in [-0.2, -0.15) is 0 Å². The average molecular weight is 417 g/mol. The Hall–Kier alpha value is -3.14. The molecular formula is C27H32N2O2. The lowest BCUT2D eigenvalue weighted by atomic mass is 10.00. The van der Waals surface area contributed by atoms with Gasteiger partial charge < -0.3 is 10.2 Å². The predicted octanol–water partition coefficient (Wildman–Crippen LogP) is 5.02. The summed E-state index contributed by atoms with van der Waals surface area (Å²) in [6.45, 7) is 6.92. The van der Waals surface area contributed by atoms with E-state index in [1.165, 1.54) is 10.8 Å². The van der Waals surface area contributed by atoms with Gasteiger partial charge in [0.05, 0.1) is 0 Å². The number of hydrogen-bond acceptors (Lipinski definition) is 2. The van der Waals surface area contributed by atoms with Crippen molar-refractivity contribution >= 4 is 22.6 Å². The van der Waals surface area contributed by atoms with Crippen molar-refractivity contribution in [2.24, 2.45) is 0 Å². The molecule has 3 rings (SSSR count). The van der Waals surface area contributed by atoms with Gasteiger partial charge in [0.15, 0.2) is 0 Å². The van der Waals surface area contributed by atoms with E-state index >= 15 is 0 Å². The fraction of sp³-hybridized carbons (Fsp3) is 0.333. The fourth-order valence-electron chi connectivity index (χ4n) is 3.85. The molecule has 162 valence electrons. The molecule has 0 radical (unpaired) electrons. The molecule has 1 N–H and O–H groups in total. The first-order chi connectivity index (χ1) is 15.0.